The van der Waals surface area contributed by atoms with Gasteiger partial charge >= 0.3 is 5.97 Å². The predicted molar refractivity (Wildman–Crippen MR) is 132 cm³/mol. The van der Waals surface area contributed by atoms with Crippen LogP contribution in [0.5, 0.6) is 0 Å². The number of carbonyl (C=O) groups is 1. The van der Waals surface area contributed by atoms with Crippen molar-refractivity contribution in [2.75, 3.05) is 43.6 Å². The summed E-state index contributed by atoms with van der Waals surface area (Å²) in [5.74, 6) is 0.294. The standard InChI is InChI=1S/C24H20ClFN4O3S/c1-32-23(31)21-11-15-10-14(2-5-20(15)34-21)17-13-27-24(28-16-3-4-19(26)18(25)12-16)29-22(17)30-6-8-33-9-7-30/h2-5,10-13H,6-9H2,1H3,(H,27,28,29). The van der Waals surface area contributed by atoms with Crippen molar-refractivity contribution in [3.8, 4) is 11.1 Å². The molecule has 0 amide bonds. The molecule has 1 aliphatic rings. The molecule has 1 aliphatic heterocycles. The fourth-order valence-electron chi connectivity index (χ4n) is 3.77. The second kappa shape index (κ2) is 9.54. The smallest absolute Gasteiger partial charge is 0.348 e. The average molecular weight is 499 g/mol. The van der Waals surface area contributed by atoms with E-state index in [2.05, 4.69) is 15.2 Å². The summed E-state index contributed by atoms with van der Waals surface area (Å²) in [5.41, 5.74) is 2.37. The summed E-state index contributed by atoms with van der Waals surface area (Å²) in [6.07, 6.45) is 1.76. The molecule has 0 atom stereocenters. The number of morpholine rings is 1. The Morgan fingerprint density at radius 2 is 2.03 bits per heavy atom. The number of halogens is 2. The van der Waals surface area contributed by atoms with Crippen molar-refractivity contribution in [1.29, 1.82) is 0 Å². The van der Waals surface area contributed by atoms with Gasteiger partial charge in [0.2, 0.25) is 5.95 Å². The largest absolute Gasteiger partial charge is 0.465 e. The monoisotopic (exact) mass is 498 g/mol. The zero-order valence-electron chi connectivity index (χ0n) is 18.2. The molecule has 1 N–H and O–H groups in total. The molecular formula is C24H20ClFN4O3S. The zero-order valence-corrected chi connectivity index (χ0v) is 19.8. The van der Waals surface area contributed by atoms with Crippen LogP contribution in [0.2, 0.25) is 5.02 Å². The topological polar surface area (TPSA) is 76.6 Å². The number of nitrogens with one attached hydrogen (secondary N) is 1. The van der Waals surface area contributed by atoms with E-state index in [0.29, 0.717) is 42.8 Å². The van der Waals surface area contributed by atoms with Crippen LogP contribution in [0, 0.1) is 5.82 Å². The van der Waals surface area contributed by atoms with Crippen LogP contribution in [0.3, 0.4) is 0 Å². The first-order chi connectivity index (χ1) is 16.5. The van der Waals surface area contributed by atoms with Crippen molar-refractivity contribution in [3.05, 3.63) is 64.4 Å². The number of rotatable bonds is 5. The Morgan fingerprint density at radius 1 is 1.21 bits per heavy atom. The molecule has 1 fully saturated rings. The molecule has 2 aromatic carbocycles. The molecule has 0 bridgehead atoms. The van der Waals surface area contributed by atoms with Crippen LogP contribution >= 0.6 is 22.9 Å². The van der Waals surface area contributed by atoms with Gasteiger partial charge in [0.15, 0.2) is 0 Å². The third-order valence-electron chi connectivity index (χ3n) is 5.47. The Balaban J connectivity index is 1.54. The van der Waals surface area contributed by atoms with Crippen LogP contribution in [0.15, 0.2) is 48.7 Å². The highest BCUT2D eigenvalue weighted by molar-refractivity contribution is 7.20. The number of hydrogen-bond acceptors (Lipinski definition) is 8. The van der Waals surface area contributed by atoms with E-state index in [1.807, 2.05) is 24.3 Å². The van der Waals surface area contributed by atoms with Crippen LogP contribution in [0.1, 0.15) is 9.67 Å². The highest BCUT2D eigenvalue weighted by Gasteiger charge is 2.20. The van der Waals surface area contributed by atoms with Gasteiger partial charge in [-0.1, -0.05) is 17.7 Å². The molecular weight excluding hydrogens is 479 g/mol. The number of esters is 1. The summed E-state index contributed by atoms with van der Waals surface area (Å²) in [6.45, 7) is 2.59. The summed E-state index contributed by atoms with van der Waals surface area (Å²) < 4.78 is 24.9. The van der Waals surface area contributed by atoms with Crippen molar-refractivity contribution < 1.29 is 18.7 Å². The molecule has 174 valence electrons. The van der Waals surface area contributed by atoms with E-state index in [1.165, 1.54) is 30.6 Å². The van der Waals surface area contributed by atoms with Gasteiger partial charge in [-0.2, -0.15) is 4.98 Å². The van der Waals surface area contributed by atoms with E-state index < -0.39 is 5.82 Å². The molecule has 34 heavy (non-hydrogen) atoms. The van der Waals surface area contributed by atoms with E-state index in [9.17, 15) is 9.18 Å². The van der Waals surface area contributed by atoms with Crippen LogP contribution in [-0.4, -0.2) is 49.4 Å². The molecule has 2 aromatic heterocycles. The maximum atomic E-state index is 13.5. The number of ether oxygens (including phenoxy) is 2. The first-order valence-corrected chi connectivity index (χ1v) is 11.8. The number of benzene rings is 2. The van der Waals surface area contributed by atoms with Crippen molar-refractivity contribution in [1.82, 2.24) is 9.97 Å². The van der Waals surface area contributed by atoms with Crippen LogP contribution in [-0.2, 0) is 9.47 Å². The highest BCUT2D eigenvalue weighted by Crippen LogP contribution is 2.35. The number of methoxy groups -OCH3 is 1. The lowest BCUT2D eigenvalue weighted by Gasteiger charge is -2.29. The zero-order chi connectivity index (χ0) is 23.7. The van der Waals surface area contributed by atoms with E-state index in [1.54, 1.807) is 12.3 Å². The Morgan fingerprint density at radius 3 is 2.79 bits per heavy atom. The van der Waals surface area contributed by atoms with Crippen molar-refractivity contribution in [2.45, 2.75) is 0 Å². The average Bonchev–Trinajstić information content (AvgIpc) is 3.30. The van der Waals surface area contributed by atoms with Gasteiger partial charge in [-0.15, -0.1) is 11.3 Å². The van der Waals surface area contributed by atoms with Crippen LogP contribution in [0.25, 0.3) is 21.2 Å². The number of thiophene rings is 1. The molecule has 0 aliphatic carbocycles. The van der Waals surface area contributed by atoms with E-state index in [-0.39, 0.29) is 11.0 Å². The number of aromatic nitrogens is 2. The van der Waals surface area contributed by atoms with Gasteiger partial charge in [-0.25, -0.2) is 14.2 Å². The van der Waals surface area contributed by atoms with Crippen molar-refractivity contribution >= 4 is 56.4 Å². The normalized spacial score (nSPS) is 13.8. The number of carbonyl (C=O) groups excluding carboxylic acids is 1. The highest BCUT2D eigenvalue weighted by atomic mass is 35.5. The second-order valence-electron chi connectivity index (χ2n) is 7.64. The lowest BCUT2D eigenvalue weighted by atomic mass is 10.1. The molecule has 5 rings (SSSR count). The second-order valence-corrected chi connectivity index (χ2v) is 9.13. The minimum absolute atomic E-state index is 0.0189. The van der Waals surface area contributed by atoms with Crippen LogP contribution in [0.4, 0.5) is 21.8 Å². The Labute approximate surface area is 204 Å². The molecule has 0 radical (unpaired) electrons. The Kier molecular flexibility index (Phi) is 6.32. The minimum Gasteiger partial charge on any atom is -0.465 e. The number of hydrogen-bond donors (Lipinski definition) is 1. The first kappa shape index (κ1) is 22.5. The predicted octanol–water partition coefficient (Wildman–Crippen LogP) is 5.52. The molecule has 0 spiro atoms. The Hall–Kier alpha value is -3.27. The van der Waals surface area contributed by atoms with Gasteiger partial charge in [0.05, 0.1) is 25.3 Å². The summed E-state index contributed by atoms with van der Waals surface area (Å²) in [5, 5.41) is 4.06. The third kappa shape index (κ3) is 4.54. The molecule has 4 aromatic rings. The van der Waals surface area contributed by atoms with Gasteiger partial charge in [-0.05, 0) is 47.3 Å². The lowest BCUT2D eigenvalue weighted by molar-refractivity contribution is 0.0606. The van der Waals surface area contributed by atoms with Gasteiger partial charge < -0.3 is 19.7 Å². The van der Waals surface area contributed by atoms with E-state index in [4.69, 9.17) is 26.1 Å². The molecule has 7 nitrogen and oxygen atoms in total. The lowest BCUT2D eigenvalue weighted by Crippen LogP contribution is -2.37. The summed E-state index contributed by atoms with van der Waals surface area (Å²) in [4.78, 5) is 23.9. The molecule has 0 unspecified atom stereocenters. The maximum absolute atomic E-state index is 13.5. The van der Waals surface area contributed by atoms with Crippen molar-refractivity contribution in [3.63, 3.8) is 0 Å². The number of anilines is 3. The number of nitrogens with zero attached hydrogens (tertiary/aromatic N) is 3. The van der Waals surface area contributed by atoms with Gasteiger partial charge in [0.1, 0.15) is 16.5 Å². The van der Waals surface area contributed by atoms with E-state index in [0.717, 1.165) is 27.0 Å². The van der Waals surface area contributed by atoms with Gasteiger partial charge in [0.25, 0.3) is 0 Å². The molecule has 0 saturated carbocycles. The Bertz CT molecular complexity index is 1370. The van der Waals surface area contributed by atoms with Crippen LogP contribution < -0.4 is 10.2 Å². The SMILES string of the molecule is COC(=O)c1cc2cc(-c3cnc(Nc4ccc(F)c(Cl)c4)nc3N3CCOCC3)ccc2s1. The summed E-state index contributed by atoms with van der Waals surface area (Å²) >= 11 is 7.30. The molecule has 1 saturated heterocycles. The van der Waals surface area contributed by atoms with Crippen molar-refractivity contribution in [2.24, 2.45) is 0 Å². The third-order valence-corrected chi connectivity index (χ3v) is 6.85. The summed E-state index contributed by atoms with van der Waals surface area (Å²) in [6, 6.07) is 12.2. The first-order valence-electron chi connectivity index (χ1n) is 10.6. The number of fused-ring (bicyclic) bond motifs is 1. The molecule has 10 heteroatoms. The molecule has 3 heterocycles. The minimum atomic E-state index is -0.489. The fourth-order valence-corrected chi connectivity index (χ4v) is 4.91. The van der Waals surface area contributed by atoms with E-state index >= 15 is 0 Å². The quantitative estimate of drug-likeness (QED) is 0.363. The van der Waals surface area contributed by atoms with Gasteiger partial charge in [0, 0.05) is 35.2 Å². The maximum Gasteiger partial charge on any atom is 0.348 e. The summed E-state index contributed by atoms with van der Waals surface area (Å²) in [7, 11) is 1.37. The fraction of sp³-hybridized carbons (Fsp3) is 0.208. The van der Waals surface area contributed by atoms with Gasteiger partial charge in [-0.3, -0.25) is 0 Å².